The largest absolute Gasteiger partial charge is 0.465 e. The van der Waals surface area contributed by atoms with Gasteiger partial charge in [0.2, 0.25) is 0 Å². The van der Waals surface area contributed by atoms with Gasteiger partial charge < -0.3 is 9.47 Å². The van der Waals surface area contributed by atoms with Crippen molar-refractivity contribution >= 4 is 11.9 Å². The lowest BCUT2D eigenvalue weighted by atomic mass is 9.87. The van der Waals surface area contributed by atoms with E-state index in [1.165, 1.54) is 0 Å². The maximum absolute atomic E-state index is 12.9. The first-order chi connectivity index (χ1) is 19.5. The van der Waals surface area contributed by atoms with Gasteiger partial charge in [0.15, 0.2) is 0 Å². The fourth-order valence-electron chi connectivity index (χ4n) is 7.01. The topological polar surface area (TPSA) is 59.1 Å². The van der Waals surface area contributed by atoms with Gasteiger partial charge in [-0.15, -0.1) is 0 Å². The van der Waals surface area contributed by atoms with Gasteiger partial charge in [-0.05, 0) is 105 Å². The summed E-state index contributed by atoms with van der Waals surface area (Å²) in [5, 5.41) is 0. The van der Waals surface area contributed by atoms with Gasteiger partial charge in [0.05, 0.1) is 25.0 Å². The number of carbonyl (C=O) groups is 2. The predicted molar refractivity (Wildman–Crippen MR) is 169 cm³/mol. The van der Waals surface area contributed by atoms with E-state index in [0.29, 0.717) is 26.1 Å². The lowest BCUT2D eigenvalue weighted by Crippen LogP contribution is -2.48. The van der Waals surface area contributed by atoms with Gasteiger partial charge in [-0.25, -0.2) is 0 Å². The second kappa shape index (κ2) is 11.8. The molecule has 0 N–H and O–H groups in total. The highest BCUT2D eigenvalue weighted by molar-refractivity contribution is 5.75. The van der Waals surface area contributed by atoms with Crippen LogP contribution >= 0.6 is 0 Å². The Bertz CT molecular complexity index is 1160. The van der Waals surface area contributed by atoms with Crippen LogP contribution in [0, 0.1) is 11.8 Å². The molecule has 0 amide bonds. The summed E-state index contributed by atoms with van der Waals surface area (Å²) in [4.78, 5) is 30.4. The summed E-state index contributed by atoms with van der Waals surface area (Å²) in [6, 6.07) is 16.9. The summed E-state index contributed by atoms with van der Waals surface area (Å²) >= 11 is 0. The van der Waals surface area contributed by atoms with E-state index in [4.69, 9.17) is 9.47 Å². The zero-order valence-electron chi connectivity index (χ0n) is 27.5. The second-order valence-corrected chi connectivity index (χ2v) is 14.8. The summed E-state index contributed by atoms with van der Waals surface area (Å²) in [7, 11) is 4.19. The summed E-state index contributed by atoms with van der Waals surface area (Å²) in [5.41, 5.74) is 4.10. The Hall–Kier alpha value is -2.70. The molecule has 0 aromatic heterocycles. The molecule has 0 spiro atoms. The average molecular weight is 577 g/mol. The normalized spacial score (nSPS) is 24.4. The van der Waals surface area contributed by atoms with Crippen LogP contribution in [0.15, 0.2) is 48.5 Å². The molecule has 6 heteroatoms. The van der Waals surface area contributed by atoms with Crippen molar-refractivity contribution in [1.82, 2.24) is 9.80 Å². The number of carbonyl (C=O) groups excluding carboxylic acids is 2. The maximum atomic E-state index is 12.9. The third-order valence-electron chi connectivity index (χ3n) is 10.7. The smallest absolute Gasteiger partial charge is 0.310 e. The highest BCUT2D eigenvalue weighted by Crippen LogP contribution is 2.45. The minimum absolute atomic E-state index is 0.0182. The van der Waals surface area contributed by atoms with E-state index in [1.807, 2.05) is 0 Å². The molecule has 0 saturated carbocycles. The van der Waals surface area contributed by atoms with E-state index in [9.17, 15) is 9.59 Å². The molecular formula is C36H52N2O4. The number of likely N-dealkylation sites (tertiary alicyclic amines) is 2. The Morgan fingerprint density at radius 1 is 0.619 bits per heavy atom. The number of hydrogen-bond donors (Lipinski definition) is 0. The van der Waals surface area contributed by atoms with Crippen molar-refractivity contribution in [3.8, 4) is 11.1 Å². The SMILES string of the molecule is CN1C(C)(C)CC(C(=O)OCCc2ccc(-c3ccc(CCOC(=O)C4CC(C)(C)N(C)C4(C)C)cc3)cc2)C1(C)C. The number of hydrogen-bond acceptors (Lipinski definition) is 6. The third-order valence-corrected chi connectivity index (χ3v) is 10.7. The molecule has 2 aromatic carbocycles. The molecule has 2 aliphatic heterocycles. The number of ether oxygens (including phenoxy) is 2. The fraction of sp³-hybridized carbons (Fsp3) is 0.611. The molecule has 2 heterocycles. The van der Waals surface area contributed by atoms with E-state index in [1.54, 1.807) is 0 Å². The summed E-state index contributed by atoms with van der Waals surface area (Å²) < 4.78 is 11.5. The van der Waals surface area contributed by atoms with Crippen LogP contribution in [0.3, 0.4) is 0 Å². The molecule has 0 bridgehead atoms. The van der Waals surface area contributed by atoms with E-state index < -0.39 is 0 Å². The standard InChI is InChI=1S/C36H52N2O4/c1-33(2)23-29(35(5,6)37(33)9)31(39)41-21-19-25-11-15-27(16-12-25)28-17-13-26(14-18-28)20-22-42-32(40)30-24-34(3,4)38(10)36(30,7)8/h11-18,29-30H,19-24H2,1-10H3. The van der Waals surface area contributed by atoms with E-state index in [0.717, 1.165) is 35.1 Å². The molecule has 0 radical (unpaired) electrons. The molecule has 6 nitrogen and oxygen atoms in total. The third kappa shape index (κ3) is 6.45. The summed E-state index contributed by atoms with van der Waals surface area (Å²) in [5.74, 6) is -0.432. The van der Waals surface area contributed by atoms with Crippen LogP contribution in [0.2, 0.25) is 0 Å². The molecule has 2 aromatic rings. The van der Waals surface area contributed by atoms with Gasteiger partial charge in [-0.3, -0.25) is 19.4 Å². The molecule has 230 valence electrons. The van der Waals surface area contributed by atoms with Crippen molar-refractivity contribution in [3.63, 3.8) is 0 Å². The van der Waals surface area contributed by atoms with Crippen LogP contribution in [0.5, 0.6) is 0 Å². The molecule has 2 unspecified atom stereocenters. The molecule has 42 heavy (non-hydrogen) atoms. The lowest BCUT2D eigenvalue weighted by molar-refractivity contribution is -0.151. The highest BCUT2D eigenvalue weighted by atomic mass is 16.5. The van der Waals surface area contributed by atoms with Crippen molar-refractivity contribution in [3.05, 3.63) is 59.7 Å². The molecule has 2 atom stereocenters. The van der Waals surface area contributed by atoms with Crippen LogP contribution < -0.4 is 0 Å². The molecule has 2 fully saturated rings. The average Bonchev–Trinajstić information content (AvgIpc) is 3.21. The van der Waals surface area contributed by atoms with Gasteiger partial charge in [-0.1, -0.05) is 48.5 Å². The highest BCUT2D eigenvalue weighted by Gasteiger charge is 2.54. The minimum atomic E-state index is -0.219. The Labute approximate surface area is 253 Å². The molecule has 2 aliphatic rings. The Morgan fingerprint density at radius 3 is 1.19 bits per heavy atom. The first-order valence-electron chi connectivity index (χ1n) is 15.5. The van der Waals surface area contributed by atoms with Crippen LogP contribution in [0.25, 0.3) is 11.1 Å². The van der Waals surface area contributed by atoms with Crippen molar-refractivity contribution < 1.29 is 19.1 Å². The quantitative estimate of drug-likeness (QED) is 0.316. The number of benzene rings is 2. The van der Waals surface area contributed by atoms with E-state index in [-0.39, 0.29) is 45.9 Å². The van der Waals surface area contributed by atoms with Gasteiger partial charge in [0.25, 0.3) is 0 Å². The van der Waals surface area contributed by atoms with E-state index in [2.05, 4.69) is 128 Å². The van der Waals surface area contributed by atoms with Crippen LogP contribution in [0.1, 0.15) is 79.4 Å². The summed E-state index contributed by atoms with van der Waals surface area (Å²) in [6.07, 6.45) is 3.01. The molecule has 4 rings (SSSR count). The first-order valence-corrected chi connectivity index (χ1v) is 15.5. The first kappa shape index (κ1) is 32.2. The van der Waals surface area contributed by atoms with Crippen molar-refractivity contribution in [2.45, 2.75) is 103 Å². The van der Waals surface area contributed by atoms with Gasteiger partial charge in [-0.2, -0.15) is 0 Å². The fourth-order valence-corrected chi connectivity index (χ4v) is 7.01. The Balaban J connectivity index is 1.23. The minimum Gasteiger partial charge on any atom is -0.465 e. The van der Waals surface area contributed by atoms with Crippen molar-refractivity contribution in [2.75, 3.05) is 27.3 Å². The van der Waals surface area contributed by atoms with Gasteiger partial charge in [0, 0.05) is 35.0 Å². The molecular weight excluding hydrogens is 524 g/mol. The second-order valence-electron chi connectivity index (χ2n) is 14.8. The lowest BCUT2D eigenvalue weighted by Gasteiger charge is -2.37. The Kier molecular flexibility index (Phi) is 9.02. The summed E-state index contributed by atoms with van der Waals surface area (Å²) in [6.45, 7) is 18.0. The van der Waals surface area contributed by atoms with Crippen LogP contribution in [0.4, 0.5) is 0 Å². The zero-order chi connectivity index (χ0) is 31.1. The maximum Gasteiger partial charge on any atom is 0.310 e. The number of rotatable bonds is 9. The zero-order valence-corrected chi connectivity index (χ0v) is 27.5. The molecule has 2 saturated heterocycles. The predicted octanol–water partition coefficient (Wildman–Crippen LogP) is 6.54. The van der Waals surface area contributed by atoms with Crippen molar-refractivity contribution in [1.29, 1.82) is 0 Å². The number of esters is 2. The Morgan fingerprint density at radius 2 is 0.929 bits per heavy atom. The number of nitrogens with zero attached hydrogens (tertiary/aromatic N) is 2. The van der Waals surface area contributed by atoms with Crippen molar-refractivity contribution in [2.24, 2.45) is 11.8 Å². The van der Waals surface area contributed by atoms with Gasteiger partial charge >= 0.3 is 11.9 Å². The van der Waals surface area contributed by atoms with E-state index >= 15 is 0 Å². The van der Waals surface area contributed by atoms with Crippen LogP contribution in [-0.2, 0) is 31.9 Å². The molecule has 0 aliphatic carbocycles. The van der Waals surface area contributed by atoms with Gasteiger partial charge in [0.1, 0.15) is 0 Å². The van der Waals surface area contributed by atoms with Crippen LogP contribution in [-0.4, -0.2) is 71.2 Å². The monoisotopic (exact) mass is 576 g/mol.